The second-order valence-electron chi connectivity index (χ2n) is 5.15. The Morgan fingerprint density at radius 1 is 1.25 bits per heavy atom. The van der Waals surface area contributed by atoms with E-state index in [1.165, 1.54) is 30.9 Å². The minimum absolute atomic E-state index is 0.145. The van der Waals surface area contributed by atoms with Crippen molar-refractivity contribution >= 4 is 11.3 Å². The summed E-state index contributed by atoms with van der Waals surface area (Å²) in [5.74, 6) is 6.19. The number of aliphatic hydroxyl groups excluding tert-OH is 1. The third kappa shape index (κ3) is 4.60. The number of aliphatic hydroxyl groups is 1. The summed E-state index contributed by atoms with van der Waals surface area (Å²) in [6, 6.07) is 2.09. The maximum atomic E-state index is 8.78. The molecule has 1 fully saturated rings. The van der Waals surface area contributed by atoms with Crippen LogP contribution < -0.4 is 0 Å². The van der Waals surface area contributed by atoms with Gasteiger partial charge in [-0.1, -0.05) is 18.8 Å². The lowest BCUT2D eigenvalue weighted by atomic mass is 10.2. The average Bonchev–Trinajstić information content (AvgIpc) is 2.89. The molecule has 4 heteroatoms. The van der Waals surface area contributed by atoms with E-state index in [1.54, 1.807) is 11.3 Å². The van der Waals surface area contributed by atoms with Crippen molar-refractivity contribution in [2.45, 2.75) is 26.3 Å². The Hall–Kier alpha value is -0.860. The number of piperazine rings is 1. The number of hydrogen-bond acceptors (Lipinski definition) is 4. The van der Waals surface area contributed by atoms with E-state index in [0.717, 1.165) is 25.2 Å². The molecule has 0 saturated carbocycles. The SMILES string of the molecule is CCCN1CCN(Cc2sccc2C#CCCO)CC1. The lowest BCUT2D eigenvalue weighted by Crippen LogP contribution is -2.45. The molecule has 1 aromatic heterocycles. The van der Waals surface area contributed by atoms with E-state index < -0.39 is 0 Å². The number of nitrogens with zero attached hydrogens (tertiary/aromatic N) is 2. The second-order valence-corrected chi connectivity index (χ2v) is 6.15. The Labute approximate surface area is 126 Å². The second kappa shape index (κ2) is 8.43. The van der Waals surface area contributed by atoms with Gasteiger partial charge in [-0.15, -0.1) is 11.3 Å². The van der Waals surface area contributed by atoms with Gasteiger partial charge in [0.05, 0.1) is 6.61 Å². The predicted octanol–water partition coefficient (Wildman–Crippen LogP) is 2.01. The standard InChI is InChI=1S/C16H24N2OS/c1-2-7-17-8-10-18(11-9-17)14-16-15(6-13-20-16)5-3-4-12-19/h6,13,19H,2,4,7-12,14H2,1H3. The van der Waals surface area contributed by atoms with Gasteiger partial charge in [-0.2, -0.15) is 0 Å². The highest BCUT2D eigenvalue weighted by molar-refractivity contribution is 7.10. The highest BCUT2D eigenvalue weighted by atomic mass is 32.1. The average molecular weight is 292 g/mol. The van der Waals surface area contributed by atoms with Crippen LogP contribution in [-0.2, 0) is 6.54 Å². The van der Waals surface area contributed by atoms with Crippen molar-refractivity contribution in [1.82, 2.24) is 9.80 Å². The van der Waals surface area contributed by atoms with Crippen molar-refractivity contribution in [2.24, 2.45) is 0 Å². The summed E-state index contributed by atoms with van der Waals surface area (Å²) in [6.45, 7) is 9.31. The zero-order chi connectivity index (χ0) is 14.2. The summed E-state index contributed by atoms with van der Waals surface area (Å²) < 4.78 is 0. The van der Waals surface area contributed by atoms with Gasteiger partial charge in [-0.05, 0) is 24.4 Å². The molecule has 1 aliphatic heterocycles. The van der Waals surface area contributed by atoms with Crippen LogP contribution in [0.4, 0.5) is 0 Å². The first-order chi connectivity index (χ1) is 9.83. The summed E-state index contributed by atoms with van der Waals surface area (Å²) in [5, 5.41) is 10.9. The van der Waals surface area contributed by atoms with E-state index in [-0.39, 0.29) is 6.61 Å². The van der Waals surface area contributed by atoms with Gasteiger partial charge >= 0.3 is 0 Å². The zero-order valence-electron chi connectivity index (χ0n) is 12.3. The zero-order valence-corrected chi connectivity index (χ0v) is 13.1. The highest BCUT2D eigenvalue weighted by Gasteiger charge is 2.17. The number of hydrogen-bond donors (Lipinski definition) is 1. The number of rotatable bonds is 5. The van der Waals surface area contributed by atoms with Gasteiger partial charge in [-0.3, -0.25) is 4.90 Å². The van der Waals surface area contributed by atoms with Crippen LogP contribution in [0.2, 0.25) is 0 Å². The van der Waals surface area contributed by atoms with Gasteiger partial charge in [-0.25, -0.2) is 0 Å². The van der Waals surface area contributed by atoms with Gasteiger partial charge in [0.25, 0.3) is 0 Å². The molecule has 0 aromatic carbocycles. The van der Waals surface area contributed by atoms with E-state index in [2.05, 4.69) is 40.0 Å². The first-order valence-electron chi connectivity index (χ1n) is 7.44. The van der Waals surface area contributed by atoms with Crippen molar-refractivity contribution in [3.8, 4) is 11.8 Å². The third-order valence-corrected chi connectivity index (χ3v) is 4.48. The van der Waals surface area contributed by atoms with Crippen LogP contribution >= 0.6 is 11.3 Å². The molecule has 0 spiro atoms. The predicted molar refractivity (Wildman–Crippen MR) is 84.9 cm³/mol. The molecule has 0 unspecified atom stereocenters. The summed E-state index contributed by atoms with van der Waals surface area (Å²) in [5.41, 5.74) is 1.14. The summed E-state index contributed by atoms with van der Waals surface area (Å²) >= 11 is 1.79. The lowest BCUT2D eigenvalue weighted by molar-refractivity contribution is 0.128. The molecule has 3 nitrogen and oxygen atoms in total. The molecule has 2 rings (SSSR count). The summed E-state index contributed by atoms with van der Waals surface area (Å²) in [7, 11) is 0. The molecule has 0 aliphatic carbocycles. The van der Waals surface area contributed by atoms with Gasteiger partial charge in [0, 0.05) is 49.6 Å². The van der Waals surface area contributed by atoms with Crippen LogP contribution in [-0.4, -0.2) is 54.2 Å². The molecule has 1 saturated heterocycles. The minimum atomic E-state index is 0.145. The van der Waals surface area contributed by atoms with Gasteiger partial charge in [0.15, 0.2) is 0 Å². The minimum Gasteiger partial charge on any atom is -0.395 e. The fraction of sp³-hybridized carbons (Fsp3) is 0.625. The van der Waals surface area contributed by atoms with Crippen LogP contribution in [0.1, 0.15) is 30.2 Å². The van der Waals surface area contributed by atoms with Crippen molar-refractivity contribution < 1.29 is 5.11 Å². The largest absolute Gasteiger partial charge is 0.395 e. The highest BCUT2D eigenvalue weighted by Crippen LogP contribution is 2.19. The molecule has 0 amide bonds. The molecule has 20 heavy (non-hydrogen) atoms. The van der Waals surface area contributed by atoms with E-state index in [9.17, 15) is 0 Å². The maximum Gasteiger partial charge on any atom is 0.0540 e. The molecular formula is C16H24N2OS. The normalized spacial score (nSPS) is 16.9. The monoisotopic (exact) mass is 292 g/mol. The van der Waals surface area contributed by atoms with Gasteiger partial charge in [0.1, 0.15) is 0 Å². The topological polar surface area (TPSA) is 26.7 Å². The van der Waals surface area contributed by atoms with E-state index in [4.69, 9.17) is 5.11 Å². The first-order valence-corrected chi connectivity index (χ1v) is 8.32. The van der Waals surface area contributed by atoms with Crippen molar-refractivity contribution in [1.29, 1.82) is 0 Å². The van der Waals surface area contributed by atoms with Crippen molar-refractivity contribution in [3.05, 3.63) is 21.9 Å². The Morgan fingerprint density at radius 3 is 2.70 bits per heavy atom. The van der Waals surface area contributed by atoms with E-state index in [0.29, 0.717) is 6.42 Å². The van der Waals surface area contributed by atoms with E-state index in [1.807, 2.05) is 0 Å². The summed E-state index contributed by atoms with van der Waals surface area (Å²) in [4.78, 5) is 6.43. The maximum absolute atomic E-state index is 8.78. The quantitative estimate of drug-likeness (QED) is 0.841. The summed E-state index contributed by atoms with van der Waals surface area (Å²) in [6.07, 6.45) is 1.81. The molecule has 0 bridgehead atoms. The van der Waals surface area contributed by atoms with Crippen molar-refractivity contribution in [3.63, 3.8) is 0 Å². The Balaban J connectivity index is 1.86. The molecule has 0 radical (unpaired) electrons. The van der Waals surface area contributed by atoms with Crippen LogP contribution in [0.15, 0.2) is 11.4 Å². The Bertz CT molecular complexity index is 453. The smallest absolute Gasteiger partial charge is 0.0540 e. The van der Waals surface area contributed by atoms with Crippen LogP contribution in [0.3, 0.4) is 0 Å². The van der Waals surface area contributed by atoms with E-state index >= 15 is 0 Å². The molecule has 110 valence electrons. The first kappa shape index (κ1) is 15.5. The Morgan fingerprint density at radius 2 is 2.00 bits per heavy atom. The van der Waals surface area contributed by atoms with Crippen molar-refractivity contribution in [2.75, 3.05) is 39.3 Å². The van der Waals surface area contributed by atoms with Crippen LogP contribution in [0.25, 0.3) is 0 Å². The van der Waals surface area contributed by atoms with Crippen LogP contribution in [0, 0.1) is 11.8 Å². The molecule has 1 N–H and O–H groups in total. The fourth-order valence-electron chi connectivity index (χ4n) is 2.48. The molecule has 1 aliphatic rings. The van der Waals surface area contributed by atoms with Gasteiger partial charge in [0.2, 0.25) is 0 Å². The number of thiophene rings is 1. The fourth-order valence-corrected chi connectivity index (χ4v) is 3.35. The van der Waals surface area contributed by atoms with Gasteiger partial charge < -0.3 is 10.0 Å². The third-order valence-electron chi connectivity index (χ3n) is 3.58. The molecular weight excluding hydrogens is 268 g/mol. The molecule has 0 atom stereocenters. The van der Waals surface area contributed by atoms with Crippen LogP contribution in [0.5, 0.6) is 0 Å². The molecule has 1 aromatic rings. The lowest BCUT2D eigenvalue weighted by Gasteiger charge is -2.34. The Kier molecular flexibility index (Phi) is 6.55. The molecule has 2 heterocycles.